The molecule has 4 rings (SSSR count). The molecule has 1 unspecified atom stereocenters. The molecule has 1 atom stereocenters. The van der Waals surface area contributed by atoms with E-state index in [1.165, 1.54) is 0 Å². The summed E-state index contributed by atoms with van der Waals surface area (Å²) in [5.41, 5.74) is 0.867. The number of halogens is 2. The van der Waals surface area contributed by atoms with Crippen molar-refractivity contribution in [3.8, 4) is 0 Å². The van der Waals surface area contributed by atoms with Crippen LogP contribution in [0.2, 0.25) is 0 Å². The normalized spacial score (nSPS) is 20.0. The van der Waals surface area contributed by atoms with E-state index in [4.69, 9.17) is 0 Å². The van der Waals surface area contributed by atoms with Crippen LogP contribution in [0.4, 0.5) is 20.4 Å². The smallest absolute Gasteiger partial charge is 0.245 e. The van der Waals surface area contributed by atoms with Crippen LogP contribution in [0.25, 0.3) is 0 Å². The minimum absolute atomic E-state index is 0.0532. The molecule has 8 nitrogen and oxygen atoms in total. The highest BCUT2D eigenvalue weighted by molar-refractivity contribution is 7.90. The minimum Gasteiger partial charge on any atom is -0.371 e. The first-order valence-corrected chi connectivity index (χ1v) is 13.4. The van der Waals surface area contributed by atoms with Gasteiger partial charge in [-0.05, 0) is 43.7 Å². The van der Waals surface area contributed by atoms with Crippen LogP contribution in [0.15, 0.2) is 29.4 Å². The number of nitrogens with one attached hydrogen (secondary N) is 1. The first-order valence-electron chi connectivity index (χ1n) is 11.5. The predicted molar refractivity (Wildman–Crippen MR) is 124 cm³/mol. The molecule has 3 heterocycles. The van der Waals surface area contributed by atoms with E-state index >= 15 is 0 Å². The number of hydrogen-bond acceptors (Lipinski definition) is 7. The fourth-order valence-corrected chi connectivity index (χ4v) is 5.31. The Labute approximate surface area is 198 Å². The third-order valence-corrected chi connectivity index (χ3v) is 7.62. The number of carbonyl (C=O) groups is 1. The Morgan fingerprint density at radius 1 is 1.06 bits per heavy atom. The largest absolute Gasteiger partial charge is 0.371 e. The van der Waals surface area contributed by atoms with Crippen LogP contribution in [0.5, 0.6) is 0 Å². The summed E-state index contributed by atoms with van der Waals surface area (Å²) in [6.45, 7) is 4.12. The average Bonchev–Trinajstić information content (AvgIpc) is 2.82. The number of benzene rings is 1. The molecule has 0 bridgehead atoms. The molecule has 2 aromatic rings. The van der Waals surface area contributed by atoms with E-state index in [0.717, 1.165) is 56.7 Å². The van der Waals surface area contributed by atoms with Crippen molar-refractivity contribution in [2.75, 3.05) is 36.1 Å². The third kappa shape index (κ3) is 5.13. The van der Waals surface area contributed by atoms with Crippen LogP contribution in [0, 0.1) is 11.6 Å². The number of nitrogens with zero attached hydrogens (tertiary/aromatic N) is 4. The van der Waals surface area contributed by atoms with Crippen LogP contribution in [-0.2, 0) is 21.1 Å². The number of piperidine rings is 2. The summed E-state index contributed by atoms with van der Waals surface area (Å²) in [6.07, 6.45) is 8.13. The van der Waals surface area contributed by atoms with E-state index in [1.807, 2.05) is 17.3 Å². The van der Waals surface area contributed by atoms with E-state index in [9.17, 15) is 22.0 Å². The number of aryl methyl sites for hydroxylation is 1. The molecule has 2 aliphatic rings. The van der Waals surface area contributed by atoms with Gasteiger partial charge in [-0.15, -0.1) is 0 Å². The zero-order valence-electron chi connectivity index (χ0n) is 19.3. The Hall–Kier alpha value is -2.82. The monoisotopic (exact) mass is 493 g/mol. The predicted octanol–water partition coefficient (Wildman–Crippen LogP) is 2.79. The molecule has 184 valence electrons. The molecule has 1 N–H and O–H groups in total. The van der Waals surface area contributed by atoms with E-state index in [0.29, 0.717) is 25.0 Å². The summed E-state index contributed by atoms with van der Waals surface area (Å²) < 4.78 is 52.0. The van der Waals surface area contributed by atoms with Crippen molar-refractivity contribution in [1.82, 2.24) is 14.9 Å². The van der Waals surface area contributed by atoms with Crippen LogP contribution in [-0.4, -0.2) is 67.2 Å². The Morgan fingerprint density at radius 3 is 2.35 bits per heavy atom. The lowest BCUT2D eigenvalue weighted by atomic mass is 9.97. The second-order valence-corrected chi connectivity index (χ2v) is 10.9. The van der Waals surface area contributed by atoms with E-state index in [-0.39, 0.29) is 17.6 Å². The summed E-state index contributed by atoms with van der Waals surface area (Å²) >= 11 is 0. The van der Waals surface area contributed by atoms with Gasteiger partial charge in [0.2, 0.25) is 11.9 Å². The zero-order valence-corrected chi connectivity index (χ0v) is 20.1. The topological polar surface area (TPSA) is 95.5 Å². The van der Waals surface area contributed by atoms with Gasteiger partial charge < -0.3 is 15.1 Å². The highest BCUT2D eigenvalue weighted by Crippen LogP contribution is 2.28. The van der Waals surface area contributed by atoms with Crippen molar-refractivity contribution in [2.45, 2.75) is 56.0 Å². The second kappa shape index (κ2) is 9.81. The van der Waals surface area contributed by atoms with Gasteiger partial charge in [0.15, 0.2) is 9.84 Å². The van der Waals surface area contributed by atoms with Crippen molar-refractivity contribution in [3.05, 3.63) is 41.7 Å². The first-order chi connectivity index (χ1) is 16.2. The number of anilines is 2. The molecule has 2 fully saturated rings. The van der Waals surface area contributed by atoms with Crippen molar-refractivity contribution in [1.29, 1.82) is 0 Å². The Morgan fingerprint density at radius 2 is 1.74 bits per heavy atom. The Bertz CT molecular complexity index is 1150. The maximum absolute atomic E-state index is 14.5. The summed E-state index contributed by atoms with van der Waals surface area (Å²) in [7, 11) is -3.90. The van der Waals surface area contributed by atoms with Gasteiger partial charge in [-0.1, -0.05) is 6.92 Å². The molecular formula is C23H29F2N5O3S. The average molecular weight is 494 g/mol. The molecule has 0 radical (unpaired) electrons. The molecule has 11 heteroatoms. The van der Waals surface area contributed by atoms with Crippen molar-refractivity contribution in [3.63, 3.8) is 0 Å². The molecule has 2 saturated heterocycles. The number of likely N-dealkylation sites (tertiary alicyclic amines) is 1. The van der Waals surface area contributed by atoms with Crippen LogP contribution < -0.4 is 10.2 Å². The first kappa shape index (κ1) is 24.3. The quantitative estimate of drug-likeness (QED) is 0.661. The number of hydrogen-bond donors (Lipinski definition) is 1. The lowest BCUT2D eigenvalue weighted by Gasteiger charge is -2.42. The molecule has 0 aliphatic carbocycles. The number of sulfone groups is 1. The summed E-state index contributed by atoms with van der Waals surface area (Å²) in [5, 5.41) is 2.80. The van der Waals surface area contributed by atoms with E-state index in [2.05, 4.69) is 27.1 Å². The van der Waals surface area contributed by atoms with Crippen LogP contribution in [0.1, 0.15) is 38.2 Å². The number of rotatable bonds is 6. The molecule has 34 heavy (non-hydrogen) atoms. The van der Waals surface area contributed by atoms with E-state index < -0.39 is 32.4 Å². The molecule has 1 aromatic heterocycles. The van der Waals surface area contributed by atoms with Gasteiger partial charge in [0.1, 0.15) is 22.6 Å². The van der Waals surface area contributed by atoms with Crippen molar-refractivity contribution >= 4 is 27.4 Å². The lowest BCUT2D eigenvalue weighted by Crippen LogP contribution is -2.54. The number of aromatic nitrogens is 2. The fraction of sp³-hybridized carbons (Fsp3) is 0.522. The van der Waals surface area contributed by atoms with Gasteiger partial charge in [-0.3, -0.25) is 4.79 Å². The second-order valence-electron chi connectivity index (χ2n) is 8.87. The SMILES string of the molecule is CCc1cnc(N2CCC(N3CCCC(Nc4cc(F)c(S(C)(=O)=O)cc4F)C3=O)CC2)nc1. The maximum Gasteiger partial charge on any atom is 0.245 e. The van der Waals surface area contributed by atoms with E-state index in [1.54, 1.807) is 0 Å². The Balaban J connectivity index is 1.40. The minimum atomic E-state index is -3.90. The van der Waals surface area contributed by atoms with Gasteiger partial charge >= 0.3 is 0 Å². The summed E-state index contributed by atoms with van der Waals surface area (Å²) in [5.74, 6) is -1.42. The standard InChI is InChI=1S/C23H29F2N5O3S/c1-3-15-13-26-23(27-14-15)29-9-6-16(7-10-29)30-8-4-5-19(22(30)31)28-20-11-18(25)21(12-17(20)24)34(2,32)33/h11-14,16,19,28H,3-10H2,1-2H3. The van der Waals surface area contributed by atoms with Gasteiger partial charge in [-0.25, -0.2) is 27.2 Å². The molecule has 0 spiro atoms. The number of carbonyl (C=O) groups excluding carboxylic acids is 1. The van der Waals surface area contributed by atoms with Gasteiger partial charge in [0.05, 0.1) is 5.69 Å². The molecule has 1 aromatic carbocycles. The number of amides is 1. The fourth-order valence-electron chi connectivity index (χ4n) is 4.58. The highest BCUT2D eigenvalue weighted by Gasteiger charge is 2.35. The zero-order chi connectivity index (χ0) is 24.5. The lowest BCUT2D eigenvalue weighted by molar-refractivity contribution is -0.137. The van der Waals surface area contributed by atoms with Crippen molar-refractivity contribution < 1.29 is 22.0 Å². The van der Waals surface area contributed by atoms with Crippen molar-refractivity contribution in [2.24, 2.45) is 0 Å². The third-order valence-electron chi connectivity index (χ3n) is 6.51. The Kier molecular flexibility index (Phi) is 7.01. The van der Waals surface area contributed by atoms with Crippen LogP contribution >= 0.6 is 0 Å². The van der Waals surface area contributed by atoms with Crippen LogP contribution in [0.3, 0.4) is 0 Å². The molecule has 1 amide bonds. The maximum atomic E-state index is 14.5. The summed E-state index contributed by atoms with van der Waals surface area (Å²) in [4.78, 5) is 25.3. The highest BCUT2D eigenvalue weighted by atomic mass is 32.2. The summed E-state index contributed by atoms with van der Waals surface area (Å²) in [6, 6.07) is 0.815. The molecular weight excluding hydrogens is 464 g/mol. The van der Waals surface area contributed by atoms with Gasteiger partial charge in [0.25, 0.3) is 0 Å². The molecule has 0 saturated carbocycles. The van der Waals surface area contributed by atoms with Gasteiger partial charge in [-0.2, -0.15) is 0 Å². The van der Waals surface area contributed by atoms with Gasteiger partial charge in [0, 0.05) is 50.4 Å². The molecule has 2 aliphatic heterocycles.